The monoisotopic (exact) mass is 297 g/mol. The number of hydrogen-bond acceptors (Lipinski definition) is 1. The number of likely N-dealkylation sites (tertiary alicyclic amines) is 1. The van der Waals surface area contributed by atoms with Crippen LogP contribution in [0.2, 0.25) is 0 Å². The molecule has 120 valence electrons. The standard InChI is InChI=1S/C21H31N/c1-4-21(2,3)22-14-17(15-9-10-15)13-20(22)19-8-6-5-7-18(19)16-11-12-16/h5-8,15-17,20H,4,9-14H2,1-3H3. The van der Waals surface area contributed by atoms with Gasteiger partial charge in [-0.05, 0) is 81.3 Å². The van der Waals surface area contributed by atoms with E-state index in [1.807, 2.05) is 0 Å². The van der Waals surface area contributed by atoms with Gasteiger partial charge >= 0.3 is 0 Å². The van der Waals surface area contributed by atoms with E-state index in [-0.39, 0.29) is 0 Å². The van der Waals surface area contributed by atoms with Gasteiger partial charge < -0.3 is 0 Å². The van der Waals surface area contributed by atoms with E-state index in [4.69, 9.17) is 0 Å². The van der Waals surface area contributed by atoms with Gasteiger partial charge in [0.25, 0.3) is 0 Å². The maximum absolute atomic E-state index is 2.86. The molecule has 1 aliphatic heterocycles. The van der Waals surface area contributed by atoms with Gasteiger partial charge in [0.05, 0.1) is 0 Å². The molecule has 3 aliphatic rings. The average molecular weight is 297 g/mol. The Morgan fingerprint density at radius 2 is 1.68 bits per heavy atom. The zero-order chi connectivity index (χ0) is 15.3. The Morgan fingerprint density at radius 1 is 1.00 bits per heavy atom. The summed E-state index contributed by atoms with van der Waals surface area (Å²) in [5, 5.41) is 0. The summed E-state index contributed by atoms with van der Waals surface area (Å²) in [4.78, 5) is 2.86. The first-order valence-electron chi connectivity index (χ1n) is 9.45. The average Bonchev–Trinajstić information content (AvgIpc) is 3.44. The molecular formula is C21H31N. The van der Waals surface area contributed by atoms with E-state index in [1.165, 1.54) is 45.1 Å². The van der Waals surface area contributed by atoms with Crippen molar-refractivity contribution in [2.75, 3.05) is 6.54 Å². The SMILES string of the molecule is CCC(C)(C)N1CC(C2CC2)CC1c1ccccc1C1CC1. The second-order valence-electron chi connectivity index (χ2n) is 8.57. The van der Waals surface area contributed by atoms with Gasteiger partial charge in [-0.1, -0.05) is 31.2 Å². The number of hydrogen-bond donors (Lipinski definition) is 0. The Morgan fingerprint density at radius 3 is 2.27 bits per heavy atom. The first-order valence-corrected chi connectivity index (χ1v) is 9.45. The van der Waals surface area contributed by atoms with Crippen LogP contribution in [0.3, 0.4) is 0 Å². The molecule has 0 amide bonds. The minimum absolute atomic E-state index is 0.324. The molecule has 1 saturated heterocycles. The predicted molar refractivity (Wildman–Crippen MR) is 93.1 cm³/mol. The minimum atomic E-state index is 0.324. The molecule has 1 aromatic rings. The third kappa shape index (κ3) is 2.62. The Balaban J connectivity index is 1.68. The van der Waals surface area contributed by atoms with E-state index in [9.17, 15) is 0 Å². The summed E-state index contributed by atoms with van der Waals surface area (Å²) in [6, 6.07) is 10.0. The van der Waals surface area contributed by atoms with E-state index >= 15 is 0 Å². The fourth-order valence-corrected chi connectivity index (χ4v) is 4.53. The van der Waals surface area contributed by atoms with Crippen molar-refractivity contribution in [1.29, 1.82) is 0 Å². The lowest BCUT2D eigenvalue weighted by Crippen LogP contribution is -2.43. The molecule has 2 saturated carbocycles. The smallest absolute Gasteiger partial charge is 0.0359 e. The molecule has 2 atom stereocenters. The molecule has 0 radical (unpaired) electrons. The summed E-state index contributed by atoms with van der Waals surface area (Å²) in [6.07, 6.45) is 8.44. The van der Waals surface area contributed by atoms with Crippen LogP contribution >= 0.6 is 0 Å². The van der Waals surface area contributed by atoms with Gasteiger partial charge in [0.1, 0.15) is 0 Å². The highest BCUT2D eigenvalue weighted by atomic mass is 15.2. The molecule has 1 nitrogen and oxygen atoms in total. The van der Waals surface area contributed by atoms with Crippen molar-refractivity contribution in [3.05, 3.63) is 35.4 Å². The van der Waals surface area contributed by atoms with E-state index in [2.05, 4.69) is 49.9 Å². The Labute approximate surface area is 136 Å². The number of nitrogens with zero attached hydrogens (tertiary/aromatic N) is 1. The van der Waals surface area contributed by atoms with Crippen molar-refractivity contribution in [2.45, 2.75) is 76.8 Å². The quantitative estimate of drug-likeness (QED) is 0.691. The lowest BCUT2D eigenvalue weighted by Gasteiger charge is -2.40. The van der Waals surface area contributed by atoms with Crippen LogP contribution in [0.15, 0.2) is 24.3 Å². The van der Waals surface area contributed by atoms with E-state index < -0.39 is 0 Å². The lowest BCUT2D eigenvalue weighted by molar-refractivity contribution is 0.0971. The Hall–Kier alpha value is -0.820. The number of benzene rings is 1. The topological polar surface area (TPSA) is 3.24 Å². The lowest BCUT2D eigenvalue weighted by atomic mass is 9.90. The van der Waals surface area contributed by atoms with Gasteiger partial charge in [0.2, 0.25) is 0 Å². The summed E-state index contributed by atoms with van der Waals surface area (Å²) in [5.74, 6) is 2.85. The number of rotatable bonds is 5. The molecular weight excluding hydrogens is 266 g/mol. The molecule has 0 N–H and O–H groups in total. The van der Waals surface area contributed by atoms with Gasteiger partial charge in [-0.25, -0.2) is 0 Å². The summed E-state index contributed by atoms with van der Waals surface area (Å²) in [5.41, 5.74) is 3.65. The highest BCUT2D eigenvalue weighted by molar-refractivity contribution is 5.36. The summed E-state index contributed by atoms with van der Waals surface area (Å²) in [7, 11) is 0. The maximum atomic E-state index is 2.86. The second kappa shape index (κ2) is 5.37. The highest BCUT2D eigenvalue weighted by Crippen LogP contribution is 2.52. The first-order chi connectivity index (χ1) is 10.6. The van der Waals surface area contributed by atoms with Crippen molar-refractivity contribution in [3.63, 3.8) is 0 Å². The second-order valence-corrected chi connectivity index (χ2v) is 8.57. The van der Waals surface area contributed by atoms with E-state index in [1.54, 1.807) is 11.1 Å². The molecule has 0 spiro atoms. The van der Waals surface area contributed by atoms with Gasteiger partial charge in [0.15, 0.2) is 0 Å². The fourth-order valence-electron chi connectivity index (χ4n) is 4.53. The largest absolute Gasteiger partial charge is 0.291 e. The third-order valence-corrected chi connectivity index (χ3v) is 6.64. The molecule has 0 bridgehead atoms. The van der Waals surface area contributed by atoms with Crippen LogP contribution in [0, 0.1) is 11.8 Å². The third-order valence-electron chi connectivity index (χ3n) is 6.64. The normalized spacial score (nSPS) is 30.0. The zero-order valence-corrected chi connectivity index (χ0v) is 14.5. The van der Waals surface area contributed by atoms with Crippen molar-refractivity contribution >= 4 is 0 Å². The van der Waals surface area contributed by atoms with Crippen LogP contribution in [0.25, 0.3) is 0 Å². The van der Waals surface area contributed by atoms with Gasteiger partial charge in [-0.2, -0.15) is 0 Å². The van der Waals surface area contributed by atoms with Gasteiger partial charge in [-0.15, -0.1) is 0 Å². The summed E-state index contributed by atoms with van der Waals surface area (Å²) >= 11 is 0. The van der Waals surface area contributed by atoms with Crippen molar-refractivity contribution in [1.82, 2.24) is 4.90 Å². The Kier molecular flexibility index (Phi) is 3.60. The Bertz CT molecular complexity index is 539. The molecule has 22 heavy (non-hydrogen) atoms. The van der Waals surface area contributed by atoms with Gasteiger partial charge in [0, 0.05) is 18.1 Å². The molecule has 1 heterocycles. The van der Waals surface area contributed by atoms with Crippen LogP contribution in [0.1, 0.15) is 82.4 Å². The minimum Gasteiger partial charge on any atom is -0.291 e. The molecule has 3 fully saturated rings. The van der Waals surface area contributed by atoms with Crippen molar-refractivity contribution < 1.29 is 0 Å². The zero-order valence-electron chi connectivity index (χ0n) is 14.5. The summed E-state index contributed by atoms with van der Waals surface area (Å²) < 4.78 is 0. The molecule has 2 aliphatic carbocycles. The highest BCUT2D eigenvalue weighted by Gasteiger charge is 2.46. The van der Waals surface area contributed by atoms with Crippen LogP contribution in [-0.2, 0) is 0 Å². The molecule has 2 unspecified atom stereocenters. The van der Waals surface area contributed by atoms with Crippen LogP contribution in [0.5, 0.6) is 0 Å². The van der Waals surface area contributed by atoms with E-state index in [0.717, 1.165) is 17.8 Å². The van der Waals surface area contributed by atoms with Crippen molar-refractivity contribution in [2.24, 2.45) is 11.8 Å². The first kappa shape index (κ1) is 14.8. The summed E-state index contributed by atoms with van der Waals surface area (Å²) in [6.45, 7) is 8.59. The van der Waals surface area contributed by atoms with Gasteiger partial charge in [-0.3, -0.25) is 4.90 Å². The van der Waals surface area contributed by atoms with Crippen LogP contribution < -0.4 is 0 Å². The molecule has 1 heteroatoms. The van der Waals surface area contributed by atoms with Crippen LogP contribution in [-0.4, -0.2) is 17.0 Å². The molecule has 0 aromatic heterocycles. The van der Waals surface area contributed by atoms with Crippen molar-refractivity contribution in [3.8, 4) is 0 Å². The maximum Gasteiger partial charge on any atom is 0.0359 e. The predicted octanol–water partition coefficient (Wildman–Crippen LogP) is 5.53. The molecule has 4 rings (SSSR count). The molecule has 1 aromatic carbocycles. The van der Waals surface area contributed by atoms with Crippen LogP contribution in [0.4, 0.5) is 0 Å². The van der Waals surface area contributed by atoms with E-state index in [0.29, 0.717) is 11.6 Å². The fraction of sp³-hybridized carbons (Fsp3) is 0.714.